The van der Waals surface area contributed by atoms with Crippen LogP contribution >= 0.6 is 11.3 Å². The van der Waals surface area contributed by atoms with Crippen molar-refractivity contribution in [3.8, 4) is 5.75 Å². The molecule has 104 valence electrons. The van der Waals surface area contributed by atoms with Gasteiger partial charge in [0.15, 0.2) is 5.13 Å². The fourth-order valence-electron chi connectivity index (χ4n) is 2.36. The Morgan fingerprint density at radius 1 is 1.55 bits per heavy atom. The average molecular weight is 289 g/mol. The van der Waals surface area contributed by atoms with E-state index in [0.29, 0.717) is 12.2 Å². The maximum Gasteiger partial charge on any atom is 0.226 e. The van der Waals surface area contributed by atoms with Crippen LogP contribution in [0.1, 0.15) is 29.7 Å². The van der Waals surface area contributed by atoms with Gasteiger partial charge < -0.3 is 15.7 Å². The third-order valence-corrected chi connectivity index (χ3v) is 4.34. The van der Waals surface area contributed by atoms with Crippen molar-refractivity contribution in [1.82, 2.24) is 4.98 Å². The van der Waals surface area contributed by atoms with Crippen LogP contribution in [-0.2, 0) is 4.79 Å². The number of aromatic nitrogens is 1. The SMILES string of the molecule is CCNc1nc2c(s1)[C@H](c1cccc(O)c1)CC(=O)N2. The van der Waals surface area contributed by atoms with Crippen molar-refractivity contribution in [2.75, 3.05) is 17.2 Å². The van der Waals surface area contributed by atoms with Gasteiger partial charge in [-0.2, -0.15) is 0 Å². The van der Waals surface area contributed by atoms with Crippen LogP contribution in [0.15, 0.2) is 24.3 Å². The summed E-state index contributed by atoms with van der Waals surface area (Å²) in [7, 11) is 0. The van der Waals surface area contributed by atoms with E-state index >= 15 is 0 Å². The zero-order valence-electron chi connectivity index (χ0n) is 11.0. The number of fused-ring (bicyclic) bond motifs is 1. The molecule has 1 aromatic carbocycles. The van der Waals surface area contributed by atoms with Gasteiger partial charge in [-0.1, -0.05) is 23.5 Å². The van der Waals surface area contributed by atoms with Crippen molar-refractivity contribution in [3.63, 3.8) is 0 Å². The molecule has 0 radical (unpaired) electrons. The molecule has 0 unspecified atom stereocenters. The van der Waals surface area contributed by atoms with Crippen molar-refractivity contribution in [3.05, 3.63) is 34.7 Å². The number of carbonyl (C=O) groups is 1. The van der Waals surface area contributed by atoms with Gasteiger partial charge in [0.25, 0.3) is 0 Å². The Labute approximate surface area is 120 Å². The molecule has 6 heteroatoms. The van der Waals surface area contributed by atoms with Gasteiger partial charge in [0.2, 0.25) is 5.91 Å². The molecule has 0 fully saturated rings. The third kappa shape index (κ3) is 2.34. The second-order valence-electron chi connectivity index (χ2n) is 4.66. The van der Waals surface area contributed by atoms with Gasteiger partial charge in [-0.15, -0.1) is 0 Å². The zero-order chi connectivity index (χ0) is 14.1. The first kappa shape index (κ1) is 12.9. The molecule has 20 heavy (non-hydrogen) atoms. The first-order chi connectivity index (χ1) is 9.67. The molecule has 3 rings (SSSR count). The third-order valence-electron chi connectivity index (χ3n) is 3.22. The highest BCUT2D eigenvalue weighted by molar-refractivity contribution is 7.16. The molecule has 2 aromatic rings. The molecule has 0 spiro atoms. The Balaban J connectivity index is 2.03. The molecule has 0 aliphatic carbocycles. The van der Waals surface area contributed by atoms with E-state index in [4.69, 9.17) is 0 Å². The largest absolute Gasteiger partial charge is 0.508 e. The summed E-state index contributed by atoms with van der Waals surface area (Å²) >= 11 is 1.55. The highest BCUT2D eigenvalue weighted by Gasteiger charge is 2.30. The van der Waals surface area contributed by atoms with E-state index in [-0.39, 0.29) is 17.6 Å². The lowest BCUT2D eigenvalue weighted by Crippen LogP contribution is -2.22. The molecule has 0 saturated heterocycles. The van der Waals surface area contributed by atoms with Crippen LogP contribution < -0.4 is 10.6 Å². The normalized spacial score (nSPS) is 17.4. The van der Waals surface area contributed by atoms with E-state index in [1.165, 1.54) is 0 Å². The number of hydrogen-bond acceptors (Lipinski definition) is 5. The van der Waals surface area contributed by atoms with Crippen molar-refractivity contribution in [1.29, 1.82) is 0 Å². The summed E-state index contributed by atoms with van der Waals surface area (Å²) in [5.41, 5.74) is 0.938. The Bertz CT molecular complexity index is 654. The van der Waals surface area contributed by atoms with Crippen molar-refractivity contribution < 1.29 is 9.90 Å². The Kier molecular flexibility index (Phi) is 3.31. The molecular formula is C14H15N3O2S. The second kappa shape index (κ2) is 5.13. The molecule has 0 bridgehead atoms. The fourth-order valence-corrected chi connectivity index (χ4v) is 3.47. The average Bonchev–Trinajstić information content (AvgIpc) is 2.80. The topological polar surface area (TPSA) is 74.2 Å². The first-order valence-corrected chi connectivity index (χ1v) is 7.32. The van der Waals surface area contributed by atoms with E-state index in [9.17, 15) is 9.90 Å². The van der Waals surface area contributed by atoms with Crippen LogP contribution in [0.3, 0.4) is 0 Å². The number of aromatic hydroxyl groups is 1. The van der Waals surface area contributed by atoms with E-state index in [1.54, 1.807) is 29.5 Å². The molecule has 1 amide bonds. The molecule has 2 heterocycles. The van der Waals surface area contributed by atoms with Gasteiger partial charge in [0, 0.05) is 18.9 Å². The van der Waals surface area contributed by atoms with Gasteiger partial charge in [-0.25, -0.2) is 4.98 Å². The number of carbonyl (C=O) groups excluding carboxylic acids is 1. The molecule has 5 nitrogen and oxygen atoms in total. The van der Waals surface area contributed by atoms with E-state index in [1.807, 2.05) is 13.0 Å². The number of nitrogens with one attached hydrogen (secondary N) is 2. The van der Waals surface area contributed by atoms with Gasteiger partial charge >= 0.3 is 0 Å². The standard InChI is InChI=1S/C14H15N3O2S/c1-2-15-14-17-13-12(20-14)10(7-11(19)16-13)8-4-3-5-9(18)6-8/h3-6,10,18H,2,7H2,1H3,(H,15,17)(H,16,19)/t10-/m0/s1. The lowest BCUT2D eigenvalue weighted by molar-refractivity contribution is -0.116. The summed E-state index contributed by atoms with van der Waals surface area (Å²) in [5, 5.41) is 16.4. The van der Waals surface area contributed by atoms with Crippen LogP contribution in [-0.4, -0.2) is 22.5 Å². The maximum absolute atomic E-state index is 11.8. The summed E-state index contributed by atoms with van der Waals surface area (Å²) in [4.78, 5) is 17.3. The van der Waals surface area contributed by atoms with E-state index in [0.717, 1.165) is 22.1 Å². The minimum Gasteiger partial charge on any atom is -0.508 e. The van der Waals surface area contributed by atoms with Crippen molar-refractivity contribution in [2.45, 2.75) is 19.3 Å². The highest BCUT2D eigenvalue weighted by atomic mass is 32.1. The van der Waals surface area contributed by atoms with Gasteiger partial charge in [0.05, 0.1) is 4.88 Å². The summed E-state index contributed by atoms with van der Waals surface area (Å²) in [6, 6.07) is 7.06. The van der Waals surface area contributed by atoms with Crippen LogP contribution in [0, 0.1) is 0 Å². The molecule has 3 N–H and O–H groups in total. The quantitative estimate of drug-likeness (QED) is 0.812. The number of phenols is 1. The smallest absolute Gasteiger partial charge is 0.226 e. The molecular weight excluding hydrogens is 274 g/mol. The molecule has 1 aliphatic rings. The van der Waals surface area contributed by atoms with Crippen LogP contribution in [0.5, 0.6) is 5.75 Å². The van der Waals surface area contributed by atoms with Gasteiger partial charge in [-0.3, -0.25) is 4.79 Å². The van der Waals surface area contributed by atoms with Gasteiger partial charge in [0.1, 0.15) is 11.6 Å². The number of hydrogen-bond donors (Lipinski definition) is 3. The van der Waals surface area contributed by atoms with Crippen LogP contribution in [0.4, 0.5) is 10.9 Å². The van der Waals surface area contributed by atoms with Gasteiger partial charge in [-0.05, 0) is 24.6 Å². The second-order valence-corrected chi connectivity index (χ2v) is 5.69. The van der Waals surface area contributed by atoms with Crippen molar-refractivity contribution >= 4 is 28.2 Å². The Hall–Kier alpha value is -2.08. The number of phenolic OH excluding ortho intramolecular Hbond substituents is 1. The number of benzene rings is 1. The Morgan fingerprint density at radius 2 is 2.40 bits per heavy atom. The predicted molar refractivity (Wildman–Crippen MR) is 79.5 cm³/mol. The minimum atomic E-state index is -0.0456. The number of rotatable bonds is 3. The maximum atomic E-state index is 11.8. The zero-order valence-corrected chi connectivity index (χ0v) is 11.8. The fraction of sp³-hybridized carbons (Fsp3) is 0.286. The minimum absolute atomic E-state index is 0.0424. The number of amides is 1. The lowest BCUT2D eigenvalue weighted by Gasteiger charge is -2.21. The van der Waals surface area contributed by atoms with Crippen LogP contribution in [0.2, 0.25) is 0 Å². The summed E-state index contributed by atoms with van der Waals surface area (Å²) in [6.07, 6.45) is 0.379. The summed E-state index contributed by atoms with van der Waals surface area (Å²) in [6.45, 7) is 2.79. The molecule has 1 atom stereocenters. The lowest BCUT2D eigenvalue weighted by atomic mass is 9.91. The molecule has 1 aliphatic heterocycles. The number of thiazole rings is 1. The first-order valence-electron chi connectivity index (χ1n) is 6.50. The monoisotopic (exact) mass is 289 g/mol. The van der Waals surface area contributed by atoms with E-state index < -0.39 is 0 Å². The summed E-state index contributed by atoms with van der Waals surface area (Å²) in [5.74, 6) is 0.761. The number of nitrogens with zero attached hydrogens (tertiary/aromatic N) is 1. The van der Waals surface area contributed by atoms with Crippen LogP contribution in [0.25, 0.3) is 0 Å². The molecule has 1 aromatic heterocycles. The Morgan fingerprint density at radius 3 is 3.15 bits per heavy atom. The van der Waals surface area contributed by atoms with Crippen molar-refractivity contribution in [2.24, 2.45) is 0 Å². The highest BCUT2D eigenvalue weighted by Crippen LogP contribution is 2.42. The molecule has 0 saturated carbocycles. The number of anilines is 2. The van der Waals surface area contributed by atoms with E-state index in [2.05, 4.69) is 15.6 Å². The summed E-state index contributed by atoms with van der Waals surface area (Å²) < 4.78 is 0. The predicted octanol–water partition coefficient (Wildman–Crippen LogP) is 2.75.